The van der Waals surface area contributed by atoms with Crippen molar-refractivity contribution in [3.8, 4) is 5.75 Å². The zero-order chi connectivity index (χ0) is 19.4. The summed E-state index contributed by atoms with van der Waals surface area (Å²) in [6, 6.07) is 11.3. The summed E-state index contributed by atoms with van der Waals surface area (Å²) in [7, 11) is 0. The van der Waals surface area contributed by atoms with E-state index in [2.05, 4.69) is 5.32 Å². The molecule has 0 amide bonds. The number of carbonyl (C=O) groups is 1. The molecular weight excluding hydrogens is 380 g/mol. The van der Waals surface area contributed by atoms with E-state index in [0.717, 1.165) is 22.0 Å². The van der Waals surface area contributed by atoms with Crippen molar-refractivity contribution in [2.45, 2.75) is 26.8 Å². The second kappa shape index (κ2) is 8.54. The fourth-order valence-electron chi connectivity index (χ4n) is 3.05. The highest BCUT2D eigenvalue weighted by Gasteiger charge is 2.35. The molecular formula is C20H22N2O3S2. The summed E-state index contributed by atoms with van der Waals surface area (Å²) in [6.07, 6.45) is 0. The molecule has 27 heavy (non-hydrogen) atoms. The maximum absolute atomic E-state index is 12.7. The van der Waals surface area contributed by atoms with Crippen molar-refractivity contribution in [3.05, 3.63) is 57.9 Å². The Bertz CT molecular complexity index is 845. The molecule has 7 heteroatoms. The van der Waals surface area contributed by atoms with Crippen molar-refractivity contribution in [3.63, 3.8) is 0 Å². The topological polar surface area (TPSA) is 50.8 Å². The average molecular weight is 403 g/mol. The van der Waals surface area contributed by atoms with Crippen LogP contribution >= 0.6 is 23.6 Å². The lowest BCUT2D eigenvalue weighted by molar-refractivity contribution is -0.139. The second-order valence-electron chi connectivity index (χ2n) is 5.88. The number of anilines is 1. The first-order chi connectivity index (χ1) is 13.1. The predicted molar refractivity (Wildman–Crippen MR) is 112 cm³/mol. The van der Waals surface area contributed by atoms with Crippen molar-refractivity contribution < 1.29 is 14.3 Å². The Balaban J connectivity index is 2.04. The minimum atomic E-state index is -0.334. The molecule has 2 heterocycles. The van der Waals surface area contributed by atoms with Crippen LogP contribution in [0.4, 0.5) is 5.69 Å². The van der Waals surface area contributed by atoms with Gasteiger partial charge in [-0.3, -0.25) is 4.90 Å². The zero-order valence-electron chi connectivity index (χ0n) is 15.5. The number of thiophene rings is 1. The summed E-state index contributed by atoms with van der Waals surface area (Å²) < 4.78 is 10.8. The van der Waals surface area contributed by atoms with Crippen LogP contribution in [0, 0.1) is 0 Å². The van der Waals surface area contributed by atoms with Gasteiger partial charge in [-0.15, -0.1) is 11.3 Å². The van der Waals surface area contributed by atoms with Gasteiger partial charge in [0.15, 0.2) is 5.11 Å². The van der Waals surface area contributed by atoms with Gasteiger partial charge in [-0.1, -0.05) is 6.07 Å². The van der Waals surface area contributed by atoms with Gasteiger partial charge in [0.25, 0.3) is 0 Å². The largest absolute Gasteiger partial charge is 0.494 e. The summed E-state index contributed by atoms with van der Waals surface area (Å²) in [4.78, 5) is 15.6. The summed E-state index contributed by atoms with van der Waals surface area (Å²) in [5.74, 6) is 0.459. The number of nitrogens with one attached hydrogen (secondary N) is 1. The fourth-order valence-corrected chi connectivity index (χ4v) is 4.20. The molecule has 5 nitrogen and oxygen atoms in total. The molecule has 0 saturated carbocycles. The van der Waals surface area contributed by atoms with Gasteiger partial charge < -0.3 is 14.8 Å². The van der Waals surface area contributed by atoms with Crippen LogP contribution in [0.15, 0.2) is 53.0 Å². The second-order valence-corrected chi connectivity index (χ2v) is 7.25. The Hall–Kier alpha value is -2.38. The number of ether oxygens (including phenoxy) is 2. The summed E-state index contributed by atoms with van der Waals surface area (Å²) in [6.45, 7) is 6.58. The van der Waals surface area contributed by atoms with Crippen LogP contribution in [0.25, 0.3) is 0 Å². The van der Waals surface area contributed by atoms with E-state index in [4.69, 9.17) is 21.7 Å². The van der Waals surface area contributed by atoms with Crippen LogP contribution in [0.2, 0.25) is 0 Å². The van der Waals surface area contributed by atoms with Crippen molar-refractivity contribution in [2.24, 2.45) is 0 Å². The average Bonchev–Trinajstić information content (AvgIpc) is 3.17. The first-order valence-electron chi connectivity index (χ1n) is 8.81. The first-order valence-corrected chi connectivity index (χ1v) is 10.1. The zero-order valence-corrected chi connectivity index (χ0v) is 17.2. The Morgan fingerprint density at radius 2 is 1.96 bits per heavy atom. The van der Waals surface area contributed by atoms with E-state index >= 15 is 0 Å². The molecule has 1 N–H and O–H groups in total. The van der Waals surface area contributed by atoms with Gasteiger partial charge in [0.05, 0.1) is 24.8 Å². The van der Waals surface area contributed by atoms with Crippen LogP contribution in [0.3, 0.4) is 0 Å². The van der Waals surface area contributed by atoms with Crippen molar-refractivity contribution in [1.82, 2.24) is 5.32 Å². The minimum Gasteiger partial charge on any atom is -0.494 e. The van der Waals surface area contributed by atoms with Crippen LogP contribution in [-0.4, -0.2) is 24.3 Å². The summed E-state index contributed by atoms with van der Waals surface area (Å²) in [5.41, 5.74) is 2.20. The third kappa shape index (κ3) is 3.99. The van der Waals surface area contributed by atoms with Gasteiger partial charge in [-0.05, 0) is 68.7 Å². The highest BCUT2D eigenvalue weighted by Crippen LogP contribution is 2.36. The summed E-state index contributed by atoms with van der Waals surface area (Å²) in [5, 5.41) is 5.83. The molecule has 0 saturated heterocycles. The third-order valence-corrected chi connectivity index (χ3v) is 5.45. The van der Waals surface area contributed by atoms with Crippen molar-refractivity contribution >= 4 is 40.3 Å². The highest BCUT2D eigenvalue weighted by atomic mass is 32.1. The molecule has 0 aliphatic carbocycles. The quantitative estimate of drug-likeness (QED) is 0.570. The highest BCUT2D eigenvalue weighted by molar-refractivity contribution is 7.80. The first kappa shape index (κ1) is 19.4. The normalized spacial score (nSPS) is 16.9. The van der Waals surface area contributed by atoms with Crippen LogP contribution in [0.1, 0.15) is 31.7 Å². The van der Waals surface area contributed by atoms with Gasteiger partial charge in [-0.25, -0.2) is 4.79 Å². The Labute approximate surface area is 168 Å². The molecule has 1 aromatic heterocycles. The van der Waals surface area contributed by atoms with Crippen molar-refractivity contribution in [2.75, 3.05) is 18.1 Å². The van der Waals surface area contributed by atoms with Crippen LogP contribution in [-0.2, 0) is 9.53 Å². The third-order valence-electron chi connectivity index (χ3n) is 4.21. The molecule has 2 aromatic rings. The van der Waals surface area contributed by atoms with E-state index in [1.165, 1.54) is 0 Å². The molecule has 0 fully saturated rings. The van der Waals surface area contributed by atoms with E-state index in [0.29, 0.717) is 23.9 Å². The number of benzene rings is 1. The van der Waals surface area contributed by atoms with E-state index in [9.17, 15) is 4.79 Å². The van der Waals surface area contributed by atoms with Crippen LogP contribution in [0.5, 0.6) is 5.75 Å². The number of esters is 1. The molecule has 1 aliphatic rings. The number of rotatable bonds is 6. The van der Waals surface area contributed by atoms with Crippen LogP contribution < -0.4 is 15.0 Å². The summed E-state index contributed by atoms with van der Waals surface area (Å²) >= 11 is 7.21. The smallest absolute Gasteiger partial charge is 0.338 e. The van der Waals surface area contributed by atoms with Gasteiger partial charge in [0, 0.05) is 16.3 Å². The molecule has 1 atom stereocenters. The van der Waals surface area contributed by atoms with Gasteiger partial charge in [-0.2, -0.15) is 0 Å². The maximum Gasteiger partial charge on any atom is 0.338 e. The van der Waals surface area contributed by atoms with Gasteiger partial charge >= 0.3 is 5.97 Å². The molecule has 0 radical (unpaired) electrons. The number of nitrogens with zero attached hydrogens (tertiary/aromatic N) is 1. The number of carbonyl (C=O) groups excluding carboxylic acids is 1. The molecule has 0 spiro atoms. The molecule has 1 aromatic carbocycles. The number of hydrogen-bond donors (Lipinski definition) is 1. The Kier molecular flexibility index (Phi) is 6.13. The van der Waals surface area contributed by atoms with Gasteiger partial charge in [0.1, 0.15) is 5.75 Å². The molecule has 142 valence electrons. The van der Waals surface area contributed by atoms with E-state index < -0.39 is 0 Å². The Morgan fingerprint density at radius 3 is 2.56 bits per heavy atom. The lowest BCUT2D eigenvalue weighted by Crippen LogP contribution is -2.47. The molecule has 0 bridgehead atoms. The minimum absolute atomic E-state index is 0.310. The molecule has 3 rings (SSSR count). The van der Waals surface area contributed by atoms with Gasteiger partial charge in [0.2, 0.25) is 0 Å². The van der Waals surface area contributed by atoms with E-state index in [1.807, 2.05) is 60.5 Å². The standard InChI is InChI=1S/C20H22N2O3S2/c1-4-24-15-10-8-14(9-11-15)22-13(3)17(19(23)25-5-2)18(21-20(22)26)16-7-6-12-27-16/h6-12,18H,4-5H2,1-3H3,(H,21,26)/t18-/m0/s1. The number of hydrogen-bond acceptors (Lipinski definition) is 5. The SMILES string of the molecule is CCOC(=O)C1=C(C)N(c2ccc(OCC)cc2)C(=S)N[C@H]1c1cccs1. The van der Waals surface area contributed by atoms with E-state index in [-0.39, 0.29) is 12.0 Å². The lowest BCUT2D eigenvalue weighted by atomic mass is 10.0. The number of thiocarbonyl (C=S) groups is 1. The monoisotopic (exact) mass is 402 g/mol. The van der Waals surface area contributed by atoms with Crippen molar-refractivity contribution in [1.29, 1.82) is 0 Å². The lowest BCUT2D eigenvalue weighted by Gasteiger charge is -2.37. The molecule has 0 unspecified atom stereocenters. The fraction of sp³-hybridized carbons (Fsp3) is 0.300. The Morgan fingerprint density at radius 1 is 1.22 bits per heavy atom. The maximum atomic E-state index is 12.7. The molecule has 1 aliphatic heterocycles. The number of allylic oxidation sites excluding steroid dienone is 1. The van der Waals surface area contributed by atoms with E-state index in [1.54, 1.807) is 18.3 Å². The predicted octanol–water partition coefficient (Wildman–Crippen LogP) is 4.42.